The average Bonchev–Trinajstić information content (AvgIpc) is 2.97. The van der Waals surface area contributed by atoms with Crippen LogP contribution >= 0.6 is 36.2 Å². The molecule has 1 rings (SSSR count). The summed E-state index contributed by atoms with van der Waals surface area (Å²) in [6.45, 7) is 4.18. The first-order valence-electron chi connectivity index (χ1n) is 7.32. The lowest BCUT2D eigenvalue weighted by atomic mass is 10.1. The minimum absolute atomic E-state index is 0. The number of nitrogens with one attached hydrogen (secondary N) is 2. The number of rotatable bonds is 8. The van der Waals surface area contributed by atoms with Gasteiger partial charge in [0, 0.05) is 11.4 Å². The summed E-state index contributed by atoms with van der Waals surface area (Å²) in [7, 11) is 3.94. The Bertz CT molecular complexity index is 484. The van der Waals surface area contributed by atoms with E-state index >= 15 is 0 Å². The van der Waals surface area contributed by atoms with Crippen molar-refractivity contribution in [2.75, 3.05) is 27.2 Å². The molecule has 140 valence electrons. The zero-order valence-corrected chi connectivity index (χ0v) is 16.9. The molecule has 2 amide bonds. The Labute approximate surface area is 160 Å². The smallest absolute Gasteiger partial charge is 0.239 e. The molecule has 0 saturated heterocycles. The zero-order chi connectivity index (χ0) is 16.7. The van der Waals surface area contributed by atoms with Gasteiger partial charge in [0.15, 0.2) is 0 Å². The lowest BCUT2D eigenvalue weighted by Gasteiger charge is -2.23. The fourth-order valence-electron chi connectivity index (χ4n) is 1.88. The van der Waals surface area contributed by atoms with E-state index in [1.807, 2.05) is 45.5 Å². The van der Waals surface area contributed by atoms with Crippen LogP contribution in [0.5, 0.6) is 0 Å². The molecule has 0 radical (unpaired) electrons. The standard InChI is InChI=1S/C15H26N4O2S.2ClH/c1-10(2)14(16)15(21)18-9-13(20)17-8-11(19(3)4)12-6-5-7-22-12;;/h5-7,10-11,14H,8-9,16H2,1-4H3,(H,17,20)(H,18,21);2*1H/t11?,14-;;/m0../s1. The molecule has 0 aliphatic rings. The Morgan fingerprint density at radius 1 is 1.25 bits per heavy atom. The first-order valence-corrected chi connectivity index (χ1v) is 8.20. The van der Waals surface area contributed by atoms with Gasteiger partial charge in [-0.3, -0.25) is 9.59 Å². The number of hydrogen-bond acceptors (Lipinski definition) is 5. The van der Waals surface area contributed by atoms with Gasteiger partial charge in [0.1, 0.15) is 0 Å². The molecule has 6 nitrogen and oxygen atoms in total. The Balaban J connectivity index is 0. The molecular formula is C15H28Cl2N4O2S. The maximum atomic E-state index is 11.9. The third kappa shape index (κ3) is 8.30. The van der Waals surface area contributed by atoms with Crippen molar-refractivity contribution in [1.29, 1.82) is 0 Å². The summed E-state index contributed by atoms with van der Waals surface area (Å²) in [5, 5.41) is 7.43. The van der Waals surface area contributed by atoms with Crippen LogP contribution in [0.4, 0.5) is 0 Å². The second-order valence-electron chi connectivity index (χ2n) is 5.79. The molecule has 0 fully saturated rings. The van der Waals surface area contributed by atoms with Crippen LogP contribution in [0.25, 0.3) is 0 Å². The summed E-state index contributed by atoms with van der Waals surface area (Å²) in [6, 6.07) is 3.57. The molecule has 0 bridgehead atoms. The van der Waals surface area contributed by atoms with Crippen molar-refractivity contribution in [2.45, 2.75) is 25.9 Å². The highest BCUT2D eigenvalue weighted by atomic mass is 35.5. The van der Waals surface area contributed by atoms with Crippen LogP contribution in [0.15, 0.2) is 17.5 Å². The second-order valence-corrected chi connectivity index (χ2v) is 6.77. The number of carbonyl (C=O) groups is 2. The maximum Gasteiger partial charge on any atom is 0.239 e. The third-order valence-corrected chi connectivity index (χ3v) is 4.41. The third-order valence-electron chi connectivity index (χ3n) is 3.43. The summed E-state index contributed by atoms with van der Waals surface area (Å²) in [6.07, 6.45) is 0. The number of thiophene rings is 1. The highest BCUT2D eigenvalue weighted by Gasteiger charge is 2.19. The fraction of sp³-hybridized carbons (Fsp3) is 0.600. The molecule has 1 aromatic heterocycles. The molecule has 0 aliphatic carbocycles. The monoisotopic (exact) mass is 398 g/mol. The SMILES string of the molecule is CC(C)[C@H](N)C(=O)NCC(=O)NCC(c1cccs1)N(C)C.Cl.Cl. The van der Waals surface area contributed by atoms with E-state index in [0.29, 0.717) is 6.54 Å². The number of nitrogens with zero attached hydrogens (tertiary/aromatic N) is 1. The van der Waals surface area contributed by atoms with Crippen molar-refractivity contribution in [1.82, 2.24) is 15.5 Å². The highest BCUT2D eigenvalue weighted by molar-refractivity contribution is 7.10. The van der Waals surface area contributed by atoms with E-state index in [4.69, 9.17) is 5.73 Å². The second kappa shape index (κ2) is 12.5. The number of halogens is 2. The summed E-state index contributed by atoms with van der Waals surface area (Å²) in [4.78, 5) is 26.8. The Hall–Kier alpha value is -0.860. The Morgan fingerprint density at radius 3 is 2.33 bits per heavy atom. The Kier molecular flexibility index (Phi) is 13.2. The normalized spacial score (nSPS) is 12.8. The van der Waals surface area contributed by atoms with Crippen molar-refractivity contribution < 1.29 is 9.59 Å². The van der Waals surface area contributed by atoms with E-state index in [9.17, 15) is 9.59 Å². The predicted octanol–water partition coefficient (Wildman–Crippen LogP) is 1.41. The number of nitrogens with two attached hydrogens (primary N) is 1. The van der Waals surface area contributed by atoms with Crippen molar-refractivity contribution in [3.63, 3.8) is 0 Å². The van der Waals surface area contributed by atoms with Gasteiger partial charge in [-0.05, 0) is 31.5 Å². The molecule has 1 aromatic rings. The summed E-state index contributed by atoms with van der Waals surface area (Å²) in [5.74, 6) is -0.472. The highest BCUT2D eigenvalue weighted by Crippen LogP contribution is 2.22. The zero-order valence-electron chi connectivity index (χ0n) is 14.4. The van der Waals surface area contributed by atoms with Crippen LogP contribution in [0, 0.1) is 5.92 Å². The quantitative estimate of drug-likeness (QED) is 0.617. The van der Waals surface area contributed by atoms with Gasteiger partial charge in [-0.1, -0.05) is 19.9 Å². The van der Waals surface area contributed by atoms with Crippen LogP contribution in [0.1, 0.15) is 24.8 Å². The summed E-state index contributed by atoms with van der Waals surface area (Å²) < 4.78 is 0. The molecular weight excluding hydrogens is 371 g/mol. The molecule has 24 heavy (non-hydrogen) atoms. The van der Waals surface area contributed by atoms with E-state index in [1.165, 1.54) is 4.88 Å². The lowest BCUT2D eigenvalue weighted by Crippen LogP contribution is -2.47. The number of amides is 2. The van der Waals surface area contributed by atoms with Gasteiger partial charge in [0.05, 0.1) is 18.6 Å². The van der Waals surface area contributed by atoms with Gasteiger partial charge in [0.25, 0.3) is 0 Å². The van der Waals surface area contributed by atoms with Gasteiger partial charge in [-0.2, -0.15) is 0 Å². The average molecular weight is 399 g/mol. The minimum atomic E-state index is -0.589. The first kappa shape index (κ1) is 25.4. The van der Waals surface area contributed by atoms with Gasteiger partial charge in [0.2, 0.25) is 11.8 Å². The van der Waals surface area contributed by atoms with Crippen LogP contribution in [-0.2, 0) is 9.59 Å². The number of hydrogen-bond donors (Lipinski definition) is 3. The molecule has 1 heterocycles. The van der Waals surface area contributed by atoms with E-state index in [1.54, 1.807) is 11.3 Å². The van der Waals surface area contributed by atoms with E-state index in [2.05, 4.69) is 15.5 Å². The van der Waals surface area contributed by atoms with Gasteiger partial charge in [-0.15, -0.1) is 36.2 Å². The largest absolute Gasteiger partial charge is 0.353 e. The molecule has 0 saturated carbocycles. The number of carbonyl (C=O) groups excluding carboxylic acids is 2. The van der Waals surface area contributed by atoms with E-state index in [-0.39, 0.29) is 55.1 Å². The van der Waals surface area contributed by atoms with Crippen LogP contribution in [0.2, 0.25) is 0 Å². The van der Waals surface area contributed by atoms with E-state index < -0.39 is 6.04 Å². The van der Waals surface area contributed by atoms with Crippen LogP contribution in [-0.4, -0.2) is 49.9 Å². The summed E-state index contributed by atoms with van der Waals surface area (Å²) in [5.41, 5.74) is 5.72. The minimum Gasteiger partial charge on any atom is -0.353 e. The molecule has 4 N–H and O–H groups in total. The topological polar surface area (TPSA) is 87.5 Å². The van der Waals surface area contributed by atoms with Crippen LogP contribution < -0.4 is 16.4 Å². The van der Waals surface area contributed by atoms with Crippen molar-refractivity contribution in [2.24, 2.45) is 11.7 Å². The molecule has 0 aromatic carbocycles. The molecule has 1 unspecified atom stereocenters. The molecule has 2 atom stereocenters. The van der Waals surface area contributed by atoms with Crippen molar-refractivity contribution >= 4 is 48.0 Å². The van der Waals surface area contributed by atoms with Gasteiger partial charge in [-0.25, -0.2) is 0 Å². The van der Waals surface area contributed by atoms with Gasteiger partial charge >= 0.3 is 0 Å². The first-order chi connectivity index (χ1) is 10.3. The van der Waals surface area contributed by atoms with Gasteiger partial charge < -0.3 is 21.3 Å². The molecule has 0 spiro atoms. The van der Waals surface area contributed by atoms with E-state index in [0.717, 1.165) is 0 Å². The molecule has 9 heteroatoms. The van der Waals surface area contributed by atoms with Crippen molar-refractivity contribution in [3.8, 4) is 0 Å². The maximum absolute atomic E-state index is 11.9. The summed E-state index contributed by atoms with van der Waals surface area (Å²) >= 11 is 1.66. The van der Waals surface area contributed by atoms with Crippen LogP contribution in [0.3, 0.4) is 0 Å². The fourth-order valence-corrected chi connectivity index (χ4v) is 2.80. The lowest BCUT2D eigenvalue weighted by molar-refractivity contribution is -0.127. The van der Waals surface area contributed by atoms with Crippen molar-refractivity contribution in [3.05, 3.63) is 22.4 Å². The Morgan fingerprint density at radius 2 is 1.88 bits per heavy atom. The number of likely N-dealkylation sites (N-methyl/N-ethyl adjacent to an activating group) is 1. The predicted molar refractivity (Wildman–Crippen MR) is 104 cm³/mol. The molecule has 0 aliphatic heterocycles.